The molecule has 0 radical (unpaired) electrons. The molecule has 0 bridgehead atoms. The Balaban J connectivity index is 1.67. The van der Waals surface area contributed by atoms with Crippen LogP contribution in [0.2, 0.25) is 10.0 Å². The normalized spacial score (nSPS) is 10.9. The second-order valence-corrected chi connectivity index (χ2v) is 5.56. The number of pyridine rings is 1. The summed E-state index contributed by atoms with van der Waals surface area (Å²) in [6, 6.07) is 13.8. The molecule has 24 heavy (non-hydrogen) atoms. The van der Waals surface area contributed by atoms with Gasteiger partial charge in [0.2, 0.25) is 0 Å². The van der Waals surface area contributed by atoms with Gasteiger partial charge < -0.3 is 4.42 Å². The first kappa shape index (κ1) is 16.2. The summed E-state index contributed by atoms with van der Waals surface area (Å²) in [7, 11) is 0. The van der Waals surface area contributed by atoms with Crippen molar-refractivity contribution >= 4 is 35.3 Å². The molecule has 3 rings (SSSR count). The molecule has 2 aromatic heterocycles. The molecule has 0 atom stereocenters. The maximum atomic E-state index is 11.8. The number of hydrazone groups is 1. The van der Waals surface area contributed by atoms with E-state index in [0.717, 1.165) is 5.56 Å². The molecule has 1 aromatic carbocycles. The number of hydrogen-bond acceptors (Lipinski definition) is 4. The van der Waals surface area contributed by atoms with Gasteiger partial charge in [0.25, 0.3) is 5.91 Å². The predicted molar refractivity (Wildman–Crippen MR) is 93.5 cm³/mol. The average molecular weight is 360 g/mol. The lowest BCUT2D eigenvalue weighted by Gasteiger charge is -1.99. The van der Waals surface area contributed by atoms with E-state index in [1.807, 2.05) is 0 Å². The van der Waals surface area contributed by atoms with Crippen LogP contribution >= 0.6 is 23.2 Å². The van der Waals surface area contributed by atoms with E-state index in [4.69, 9.17) is 27.6 Å². The highest BCUT2D eigenvalue weighted by molar-refractivity contribution is 6.42. The van der Waals surface area contributed by atoms with Gasteiger partial charge >= 0.3 is 0 Å². The van der Waals surface area contributed by atoms with Crippen molar-refractivity contribution in [3.05, 3.63) is 76.2 Å². The molecule has 0 fully saturated rings. The summed E-state index contributed by atoms with van der Waals surface area (Å²) >= 11 is 11.9. The van der Waals surface area contributed by atoms with E-state index >= 15 is 0 Å². The standard InChI is InChI=1S/C17H11Cl2N3O2/c18-13-6-4-11(9-14(13)19)16-7-5-12(24-16)10-21-22-17(23)15-3-1-2-8-20-15/h1-10H,(H,22,23)/b21-10-. The van der Waals surface area contributed by atoms with Crippen LogP contribution in [-0.2, 0) is 0 Å². The Labute approximate surface area is 147 Å². The molecule has 0 aliphatic heterocycles. The Kier molecular flexibility index (Phi) is 4.93. The summed E-state index contributed by atoms with van der Waals surface area (Å²) in [5, 5.41) is 4.78. The first-order chi connectivity index (χ1) is 11.6. The smallest absolute Gasteiger partial charge is 0.289 e. The van der Waals surface area contributed by atoms with E-state index in [1.54, 1.807) is 48.5 Å². The van der Waals surface area contributed by atoms with Crippen LogP contribution in [0, 0.1) is 0 Å². The average Bonchev–Trinajstić information content (AvgIpc) is 3.07. The highest BCUT2D eigenvalue weighted by Crippen LogP contribution is 2.29. The summed E-state index contributed by atoms with van der Waals surface area (Å²) < 4.78 is 5.63. The number of benzene rings is 1. The number of nitrogens with one attached hydrogen (secondary N) is 1. The third kappa shape index (κ3) is 3.82. The second-order valence-electron chi connectivity index (χ2n) is 4.75. The number of rotatable bonds is 4. The Morgan fingerprint density at radius 2 is 2.00 bits per heavy atom. The van der Waals surface area contributed by atoms with Crippen LogP contribution in [0.4, 0.5) is 0 Å². The lowest BCUT2D eigenvalue weighted by atomic mass is 10.2. The molecule has 7 heteroatoms. The van der Waals surface area contributed by atoms with Crippen LogP contribution in [0.15, 0.2) is 64.2 Å². The van der Waals surface area contributed by atoms with Gasteiger partial charge in [-0.2, -0.15) is 5.10 Å². The minimum atomic E-state index is -0.400. The Morgan fingerprint density at radius 1 is 1.12 bits per heavy atom. The van der Waals surface area contributed by atoms with E-state index in [1.165, 1.54) is 12.4 Å². The molecule has 0 spiro atoms. The van der Waals surface area contributed by atoms with Crippen LogP contribution in [0.5, 0.6) is 0 Å². The van der Waals surface area contributed by atoms with Gasteiger partial charge in [0, 0.05) is 11.8 Å². The van der Waals surface area contributed by atoms with Crippen molar-refractivity contribution in [1.82, 2.24) is 10.4 Å². The number of carbonyl (C=O) groups excluding carboxylic acids is 1. The third-order valence-electron chi connectivity index (χ3n) is 3.09. The molecular formula is C17H11Cl2N3O2. The van der Waals surface area contributed by atoms with Gasteiger partial charge in [0.1, 0.15) is 17.2 Å². The molecule has 1 amide bonds. The van der Waals surface area contributed by atoms with Gasteiger partial charge in [-0.3, -0.25) is 9.78 Å². The fourth-order valence-electron chi connectivity index (χ4n) is 1.94. The number of aromatic nitrogens is 1. The number of hydrogen-bond donors (Lipinski definition) is 1. The molecule has 0 aliphatic carbocycles. The van der Waals surface area contributed by atoms with E-state index in [0.29, 0.717) is 21.6 Å². The lowest BCUT2D eigenvalue weighted by molar-refractivity contribution is 0.0950. The highest BCUT2D eigenvalue weighted by Gasteiger charge is 2.07. The maximum Gasteiger partial charge on any atom is 0.289 e. The third-order valence-corrected chi connectivity index (χ3v) is 3.83. The van der Waals surface area contributed by atoms with Crippen LogP contribution in [0.25, 0.3) is 11.3 Å². The molecule has 5 nitrogen and oxygen atoms in total. The van der Waals surface area contributed by atoms with E-state index in [2.05, 4.69) is 15.5 Å². The number of furan rings is 1. The SMILES string of the molecule is O=C(N/N=C\c1ccc(-c2ccc(Cl)c(Cl)c2)o1)c1ccccn1. The van der Waals surface area contributed by atoms with E-state index < -0.39 is 5.91 Å². The molecule has 0 saturated carbocycles. The van der Waals surface area contributed by atoms with Gasteiger partial charge in [-0.1, -0.05) is 29.3 Å². The van der Waals surface area contributed by atoms with Crippen LogP contribution in [0.3, 0.4) is 0 Å². The van der Waals surface area contributed by atoms with E-state index in [9.17, 15) is 4.79 Å². The Bertz CT molecular complexity index is 892. The number of nitrogens with zero attached hydrogens (tertiary/aromatic N) is 2. The maximum absolute atomic E-state index is 11.8. The summed E-state index contributed by atoms with van der Waals surface area (Å²) in [6.45, 7) is 0. The molecule has 1 N–H and O–H groups in total. The Hall–Kier alpha value is -2.63. The second kappa shape index (κ2) is 7.29. The number of carbonyl (C=O) groups is 1. The van der Waals surface area contributed by atoms with Gasteiger partial charge in [0.15, 0.2) is 0 Å². The van der Waals surface area contributed by atoms with Crippen molar-refractivity contribution in [3.63, 3.8) is 0 Å². The van der Waals surface area contributed by atoms with Gasteiger partial charge in [0.05, 0.1) is 16.3 Å². The fraction of sp³-hybridized carbons (Fsp3) is 0. The molecule has 2 heterocycles. The summed E-state index contributed by atoms with van der Waals surface area (Å²) in [5.41, 5.74) is 3.46. The molecular weight excluding hydrogens is 349 g/mol. The van der Waals surface area contributed by atoms with Crippen molar-refractivity contribution in [2.24, 2.45) is 5.10 Å². The molecule has 0 saturated heterocycles. The van der Waals surface area contributed by atoms with Crippen molar-refractivity contribution < 1.29 is 9.21 Å². The van der Waals surface area contributed by atoms with Gasteiger partial charge in [-0.15, -0.1) is 0 Å². The summed E-state index contributed by atoms with van der Waals surface area (Å²) in [5.74, 6) is 0.701. The molecule has 0 aliphatic rings. The van der Waals surface area contributed by atoms with Crippen LogP contribution in [0.1, 0.15) is 16.2 Å². The minimum Gasteiger partial charge on any atom is -0.455 e. The van der Waals surface area contributed by atoms with Crippen molar-refractivity contribution in [1.29, 1.82) is 0 Å². The predicted octanol–water partition coefficient (Wildman–Crippen LogP) is 4.41. The van der Waals surface area contributed by atoms with Crippen molar-refractivity contribution in [3.8, 4) is 11.3 Å². The fourth-order valence-corrected chi connectivity index (χ4v) is 2.23. The minimum absolute atomic E-state index is 0.283. The quantitative estimate of drug-likeness (QED) is 0.554. The summed E-state index contributed by atoms with van der Waals surface area (Å²) in [6.07, 6.45) is 2.94. The van der Waals surface area contributed by atoms with E-state index in [-0.39, 0.29) is 5.69 Å². The van der Waals surface area contributed by atoms with Gasteiger partial charge in [-0.05, 0) is 42.5 Å². The number of halogens is 2. The first-order valence-electron chi connectivity index (χ1n) is 6.93. The van der Waals surface area contributed by atoms with Crippen molar-refractivity contribution in [2.45, 2.75) is 0 Å². The summed E-state index contributed by atoms with van der Waals surface area (Å²) in [4.78, 5) is 15.7. The highest BCUT2D eigenvalue weighted by atomic mass is 35.5. The van der Waals surface area contributed by atoms with Crippen molar-refractivity contribution in [2.75, 3.05) is 0 Å². The van der Waals surface area contributed by atoms with Crippen LogP contribution < -0.4 is 5.43 Å². The lowest BCUT2D eigenvalue weighted by Crippen LogP contribution is -2.18. The zero-order chi connectivity index (χ0) is 16.9. The zero-order valence-electron chi connectivity index (χ0n) is 12.2. The molecule has 0 unspecified atom stereocenters. The van der Waals surface area contributed by atoms with Gasteiger partial charge in [-0.25, -0.2) is 5.43 Å². The molecule has 120 valence electrons. The molecule has 3 aromatic rings. The first-order valence-corrected chi connectivity index (χ1v) is 7.69. The Morgan fingerprint density at radius 3 is 2.75 bits per heavy atom. The zero-order valence-corrected chi connectivity index (χ0v) is 13.8. The number of amides is 1. The largest absolute Gasteiger partial charge is 0.455 e. The topological polar surface area (TPSA) is 67.5 Å². The monoisotopic (exact) mass is 359 g/mol. The van der Waals surface area contributed by atoms with Crippen LogP contribution in [-0.4, -0.2) is 17.1 Å².